The van der Waals surface area contributed by atoms with Gasteiger partial charge in [0.15, 0.2) is 0 Å². The van der Waals surface area contributed by atoms with Crippen molar-refractivity contribution >= 4 is 5.91 Å². The van der Waals surface area contributed by atoms with Crippen molar-refractivity contribution in [2.24, 2.45) is 0 Å². The Balaban J connectivity index is 2.23. The molecule has 25 heavy (non-hydrogen) atoms. The van der Waals surface area contributed by atoms with Crippen molar-refractivity contribution in [3.8, 4) is 17.2 Å². The zero-order valence-corrected chi connectivity index (χ0v) is 14.5. The SMILES string of the molecule is CN(C)CCN(CCO)C(=O)c1cccc(-c2ccc(C#N)nc2)c1. The zero-order chi connectivity index (χ0) is 18.2. The lowest BCUT2D eigenvalue weighted by atomic mass is 10.0. The Bertz CT molecular complexity index is 751. The quantitative estimate of drug-likeness (QED) is 0.830. The first kappa shape index (κ1) is 18.6. The maximum absolute atomic E-state index is 12.8. The van der Waals surface area contributed by atoms with Crippen molar-refractivity contribution < 1.29 is 9.90 Å². The predicted molar refractivity (Wildman–Crippen MR) is 95.9 cm³/mol. The number of aliphatic hydroxyl groups excluding tert-OH is 1. The molecule has 1 heterocycles. The van der Waals surface area contributed by atoms with E-state index in [2.05, 4.69) is 4.98 Å². The van der Waals surface area contributed by atoms with Crippen LogP contribution in [0.4, 0.5) is 0 Å². The maximum atomic E-state index is 12.8. The molecule has 1 amide bonds. The van der Waals surface area contributed by atoms with Gasteiger partial charge in [-0.15, -0.1) is 0 Å². The molecule has 0 saturated heterocycles. The highest BCUT2D eigenvalue weighted by Gasteiger charge is 2.16. The van der Waals surface area contributed by atoms with E-state index in [1.54, 1.807) is 23.2 Å². The first-order chi connectivity index (χ1) is 12.0. The molecular formula is C19H22N4O2. The molecule has 1 N–H and O–H groups in total. The minimum atomic E-state index is -0.112. The minimum Gasteiger partial charge on any atom is -0.395 e. The molecule has 6 heteroatoms. The van der Waals surface area contributed by atoms with Crippen LogP contribution < -0.4 is 0 Å². The molecule has 1 aromatic heterocycles. The highest BCUT2D eigenvalue weighted by atomic mass is 16.3. The number of carbonyl (C=O) groups is 1. The summed E-state index contributed by atoms with van der Waals surface area (Å²) in [6.07, 6.45) is 1.62. The van der Waals surface area contributed by atoms with Gasteiger partial charge in [0.2, 0.25) is 0 Å². The van der Waals surface area contributed by atoms with Gasteiger partial charge in [-0.25, -0.2) is 4.98 Å². The van der Waals surface area contributed by atoms with Gasteiger partial charge in [-0.1, -0.05) is 12.1 Å². The molecule has 0 atom stereocenters. The summed E-state index contributed by atoms with van der Waals surface area (Å²) in [6, 6.07) is 12.8. The van der Waals surface area contributed by atoms with E-state index in [1.165, 1.54) is 0 Å². The molecule has 0 fully saturated rings. The number of benzene rings is 1. The molecule has 0 spiro atoms. The molecule has 0 bridgehead atoms. The highest BCUT2D eigenvalue weighted by molar-refractivity contribution is 5.95. The summed E-state index contributed by atoms with van der Waals surface area (Å²) in [6.45, 7) is 1.51. The fourth-order valence-corrected chi connectivity index (χ4v) is 2.40. The summed E-state index contributed by atoms with van der Waals surface area (Å²) in [4.78, 5) is 20.5. The summed E-state index contributed by atoms with van der Waals surface area (Å²) in [5.41, 5.74) is 2.62. The van der Waals surface area contributed by atoms with E-state index in [4.69, 9.17) is 5.26 Å². The average molecular weight is 338 g/mol. The van der Waals surface area contributed by atoms with E-state index in [1.807, 2.05) is 49.3 Å². The van der Waals surface area contributed by atoms with Gasteiger partial charge in [0, 0.05) is 37.0 Å². The molecule has 2 aromatic rings. The number of aliphatic hydroxyl groups is 1. The lowest BCUT2D eigenvalue weighted by Crippen LogP contribution is -2.38. The van der Waals surface area contributed by atoms with Crippen molar-refractivity contribution in [3.63, 3.8) is 0 Å². The topological polar surface area (TPSA) is 80.5 Å². The molecule has 0 saturated carbocycles. The number of carbonyl (C=O) groups excluding carboxylic acids is 1. The number of amides is 1. The van der Waals surface area contributed by atoms with E-state index < -0.39 is 0 Å². The van der Waals surface area contributed by atoms with Gasteiger partial charge in [-0.3, -0.25) is 4.79 Å². The van der Waals surface area contributed by atoms with Crippen molar-refractivity contribution in [1.82, 2.24) is 14.8 Å². The summed E-state index contributed by atoms with van der Waals surface area (Å²) < 4.78 is 0. The molecule has 0 aliphatic rings. The standard InChI is InChI=1S/C19H22N4O2/c1-22(2)8-9-23(10-11-24)19(25)16-5-3-4-15(12-16)17-6-7-18(13-20)21-14-17/h3-7,12,14,24H,8-11H2,1-2H3. The van der Waals surface area contributed by atoms with Gasteiger partial charge in [0.05, 0.1) is 6.61 Å². The van der Waals surface area contributed by atoms with Crippen LogP contribution >= 0.6 is 0 Å². The lowest BCUT2D eigenvalue weighted by Gasteiger charge is -2.24. The maximum Gasteiger partial charge on any atom is 0.253 e. The van der Waals surface area contributed by atoms with Crippen LogP contribution in [-0.4, -0.2) is 66.1 Å². The number of hydrogen-bond acceptors (Lipinski definition) is 5. The van der Waals surface area contributed by atoms with Gasteiger partial charge in [-0.05, 0) is 43.9 Å². The first-order valence-corrected chi connectivity index (χ1v) is 8.06. The molecule has 0 radical (unpaired) electrons. The Morgan fingerprint density at radius 2 is 1.96 bits per heavy atom. The van der Waals surface area contributed by atoms with Crippen LogP contribution in [0, 0.1) is 11.3 Å². The second-order valence-corrected chi connectivity index (χ2v) is 5.94. The second-order valence-electron chi connectivity index (χ2n) is 5.94. The van der Waals surface area contributed by atoms with Crippen LogP contribution in [0.25, 0.3) is 11.1 Å². The summed E-state index contributed by atoms with van der Waals surface area (Å²) in [5, 5.41) is 18.1. The average Bonchev–Trinajstić information content (AvgIpc) is 2.64. The summed E-state index contributed by atoms with van der Waals surface area (Å²) >= 11 is 0. The third-order valence-electron chi connectivity index (χ3n) is 3.80. The Hall–Kier alpha value is -2.75. The van der Waals surface area contributed by atoms with Gasteiger partial charge in [-0.2, -0.15) is 5.26 Å². The molecule has 0 unspecified atom stereocenters. The predicted octanol–water partition coefficient (Wildman–Crippen LogP) is 1.62. The Morgan fingerprint density at radius 1 is 1.16 bits per heavy atom. The molecular weight excluding hydrogens is 316 g/mol. The molecule has 0 aliphatic carbocycles. The van der Waals surface area contributed by atoms with E-state index in [0.29, 0.717) is 24.3 Å². The van der Waals surface area contributed by atoms with Crippen molar-refractivity contribution in [2.45, 2.75) is 0 Å². The van der Waals surface area contributed by atoms with Crippen LogP contribution in [0.2, 0.25) is 0 Å². The third kappa shape index (κ3) is 5.11. The van der Waals surface area contributed by atoms with Crippen molar-refractivity contribution in [3.05, 3.63) is 53.9 Å². The number of nitrogens with zero attached hydrogens (tertiary/aromatic N) is 4. The van der Waals surface area contributed by atoms with Crippen LogP contribution in [0.3, 0.4) is 0 Å². The number of aromatic nitrogens is 1. The fourth-order valence-electron chi connectivity index (χ4n) is 2.40. The highest BCUT2D eigenvalue weighted by Crippen LogP contribution is 2.20. The fraction of sp³-hybridized carbons (Fsp3) is 0.316. The smallest absolute Gasteiger partial charge is 0.253 e. The zero-order valence-electron chi connectivity index (χ0n) is 14.5. The van der Waals surface area contributed by atoms with Crippen LogP contribution in [0.15, 0.2) is 42.6 Å². The number of hydrogen-bond donors (Lipinski definition) is 1. The van der Waals surface area contributed by atoms with Gasteiger partial charge < -0.3 is 14.9 Å². The van der Waals surface area contributed by atoms with Gasteiger partial charge >= 0.3 is 0 Å². The van der Waals surface area contributed by atoms with E-state index >= 15 is 0 Å². The first-order valence-electron chi connectivity index (χ1n) is 8.06. The molecule has 6 nitrogen and oxygen atoms in total. The largest absolute Gasteiger partial charge is 0.395 e. The van der Waals surface area contributed by atoms with E-state index in [9.17, 15) is 9.90 Å². The molecule has 1 aromatic carbocycles. The normalized spacial score (nSPS) is 10.5. The van der Waals surface area contributed by atoms with Crippen molar-refractivity contribution in [1.29, 1.82) is 5.26 Å². The van der Waals surface area contributed by atoms with Crippen molar-refractivity contribution in [2.75, 3.05) is 40.3 Å². The number of likely N-dealkylation sites (N-methyl/N-ethyl adjacent to an activating group) is 1. The number of rotatable bonds is 7. The van der Waals surface area contributed by atoms with Gasteiger partial charge in [0.25, 0.3) is 5.91 Å². The van der Waals surface area contributed by atoms with Crippen LogP contribution in [0.1, 0.15) is 16.1 Å². The summed E-state index contributed by atoms with van der Waals surface area (Å²) in [7, 11) is 3.89. The molecule has 2 rings (SSSR count). The Morgan fingerprint density at radius 3 is 2.56 bits per heavy atom. The van der Waals surface area contributed by atoms with E-state index in [-0.39, 0.29) is 12.5 Å². The lowest BCUT2D eigenvalue weighted by molar-refractivity contribution is 0.0710. The Kier molecular flexibility index (Phi) is 6.63. The summed E-state index contributed by atoms with van der Waals surface area (Å²) in [5.74, 6) is -0.112. The number of pyridine rings is 1. The Labute approximate surface area is 147 Å². The second kappa shape index (κ2) is 8.92. The van der Waals surface area contributed by atoms with E-state index in [0.717, 1.165) is 17.7 Å². The molecule has 0 aliphatic heterocycles. The van der Waals surface area contributed by atoms with Gasteiger partial charge in [0.1, 0.15) is 11.8 Å². The monoisotopic (exact) mass is 338 g/mol. The number of nitriles is 1. The third-order valence-corrected chi connectivity index (χ3v) is 3.80. The molecule has 130 valence electrons. The minimum absolute atomic E-state index is 0.0710. The van der Waals surface area contributed by atoms with Crippen LogP contribution in [-0.2, 0) is 0 Å². The van der Waals surface area contributed by atoms with Crippen LogP contribution in [0.5, 0.6) is 0 Å².